The van der Waals surface area contributed by atoms with E-state index in [1.807, 2.05) is 0 Å². The zero-order valence-corrected chi connectivity index (χ0v) is 14.9. The van der Waals surface area contributed by atoms with Gasteiger partial charge in [-0.1, -0.05) is 38.5 Å². The largest absolute Gasteiger partial charge is 0.353 e. The maximum atomic E-state index is 12.0. The number of nitrogens with one attached hydrogen (secondary N) is 3. The molecule has 0 aromatic carbocycles. The quantitative estimate of drug-likeness (QED) is 0.227. The fourth-order valence-electron chi connectivity index (χ4n) is 2.77. The summed E-state index contributed by atoms with van der Waals surface area (Å²) in [6.45, 7) is 7.33. The number of aromatic nitrogens is 2. The number of rotatable bonds is 6. The third-order valence-electron chi connectivity index (χ3n) is 3.99. The average molecular weight is 361 g/mol. The molecule has 0 bridgehead atoms. The molecule has 1 aliphatic rings. The molecule has 1 aromatic rings. The van der Waals surface area contributed by atoms with Crippen LogP contribution in [0, 0.1) is 0 Å². The van der Waals surface area contributed by atoms with E-state index < -0.39 is 0 Å². The second-order valence-electron chi connectivity index (χ2n) is 5.96. The van der Waals surface area contributed by atoms with Crippen molar-refractivity contribution >= 4 is 25.0 Å². The van der Waals surface area contributed by atoms with Gasteiger partial charge in [-0.05, 0) is 18.9 Å². The van der Waals surface area contributed by atoms with Crippen molar-refractivity contribution in [3.63, 3.8) is 0 Å². The molecule has 8 nitrogen and oxygen atoms in total. The molecule has 1 heterocycles. The summed E-state index contributed by atoms with van der Waals surface area (Å²) < 4.78 is 0. The van der Waals surface area contributed by atoms with Gasteiger partial charge in [-0.3, -0.25) is 19.8 Å². The summed E-state index contributed by atoms with van der Waals surface area (Å²) in [4.78, 5) is 39.7. The van der Waals surface area contributed by atoms with Crippen LogP contribution >= 0.6 is 0 Å². The zero-order chi connectivity index (χ0) is 19.4. The molecule has 1 aromatic heterocycles. The highest BCUT2D eigenvalue weighted by molar-refractivity contribution is 5.76. The number of allylic oxidation sites excluding steroid dienone is 1. The number of hydrazine groups is 1. The predicted molar refractivity (Wildman–Crippen MR) is 101 cm³/mol. The molecule has 1 saturated carbocycles. The smallest absolute Gasteiger partial charge is 0.258 e. The lowest BCUT2D eigenvalue weighted by atomic mass is 9.95. The van der Waals surface area contributed by atoms with Gasteiger partial charge in [0.1, 0.15) is 5.82 Å². The third-order valence-corrected chi connectivity index (χ3v) is 3.99. The molecule has 1 fully saturated rings. The molecular formula is C18H27N5O3. The van der Waals surface area contributed by atoms with Gasteiger partial charge >= 0.3 is 0 Å². The van der Waals surface area contributed by atoms with Crippen molar-refractivity contribution in [3.8, 4) is 0 Å². The summed E-state index contributed by atoms with van der Waals surface area (Å²) in [6, 6.07) is 0.307. The number of amides is 2. The lowest BCUT2D eigenvalue weighted by molar-refractivity contribution is -0.122. The Morgan fingerprint density at radius 3 is 2.54 bits per heavy atom. The van der Waals surface area contributed by atoms with Gasteiger partial charge in [0.2, 0.25) is 12.3 Å². The van der Waals surface area contributed by atoms with E-state index >= 15 is 0 Å². The van der Waals surface area contributed by atoms with E-state index in [1.165, 1.54) is 25.3 Å². The average Bonchev–Trinajstić information content (AvgIpc) is 2.64. The molecule has 1 aliphatic carbocycles. The van der Waals surface area contributed by atoms with Crippen molar-refractivity contribution in [1.82, 2.24) is 20.7 Å². The van der Waals surface area contributed by atoms with Crippen LogP contribution in [0.25, 0.3) is 12.7 Å². The van der Waals surface area contributed by atoms with Gasteiger partial charge in [-0.25, -0.2) is 10.8 Å². The number of aromatic amines is 1. The summed E-state index contributed by atoms with van der Waals surface area (Å²) in [5.41, 5.74) is 1.50. The van der Waals surface area contributed by atoms with Crippen molar-refractivity contribution in [3.05, 3.63) is 39.4 Å². The minimum absolute atomic E-state index is 0.0156. The number of aryl methyl sites for hydroxylation is 1. The predicted octanol–water partition coefficient (Wildman–Crippen LogP) is -0.866. The summed E-state index contributed by atoms with van der Waals surface area (Å²) in [5, 5.41) is 3.87. The molecule has 142 valence electrons. The van der Waals surface area contributed by atoms with E-state index in [1.54, 1.807) is 11.5 Å². The van der Waals surface area contributed by atoms with Gasteiger partial charge in [0.15, 0.2) is 0 Å². The van der Waals surface area contributed by atoms with E-state index in [9.17, 15) is 9.59 Å². The van der Waals surface area contributed by atoms with Crippen molar-refractivity contribution < 1.29 is 9.59 Å². The molecule has 0 aliphatic heterocycles. The van der Waals surface area contributed by atoms with Crippen LogP contribution in [-0.4, -0.2) is 28.3 Å². The molecule has 5 N–H and O–H groups in total. The van der Waals surface area contributed by atoms with Gasteiger partial charge in [-0.15, -0.1) is 0 Å². The minimum Gasteiger partial charge on any atom is -0.353 e. The second-order valence-corrected chi connectivity index (χ2v) is 5.96. The summed E-state index contributed by atoms with van der Waals surface area (Å²) in [5.74, 6) is 4.92. The third kappa shape index (κ3) is 7.43. The Labute approximate surface area is 152 Å². The van der Waals surface area contributed by atoms with Crippen LogP contribution in [-0.2, 0) is 16.0 Å². The monoisotopic (exact) mass is 361 g/mol. The topological polar surface area (TPSA) is 130 Å². The van der Waals surface area contributed by atoms with Crippen LogP contribution in [0.2, 0.25) is 0 Å². The zero-order valence-electron chi connectivity index (χ0n) is 14.9. The first-order valence-corrected chi connectivity index (χ1v) is 8.61. The van der Waals surface area contributed by atoms with E-state index in [0.29, 0.717) is 41.7 Å². The fourth-order valence-corrected chi connectivity index (χ4v) is 2.77. The number of hydrogen-bond donors (Lipinski definition) is 4. The van der Waals surface area contributed by atoms with Crippen LogP contribution in [0.15, 0.2) is 17.4 Å². The maximum absolute atomic E-state index is 12.0. The Hall–Kier alpha value is -2.74. The SMILES string of the molecule is C=C/C=c1\c(=C)nc(CCC(=O)NC2CCCCC2)[nH]c1=O.NNC=O. The molecule has 26 heavy (non-hydrogen) atoms. The minimum atomic E-state index is -0.248. The second kappa shape index (κ2) is 11.8. The first-order chi connectivity index (χ1) is 12.5. The summed E-state index contributed by atoms with van der Waals surface area (Å²) in [6.07, 6.45) is 10.0. The highest BCUT2D eigenvalue weighted by atomic mass is 16.2. The first kappa shape index (κ1) is 21.3. The van der Waals surface area contributed by atoms with E-state index in [4.69, 9.17) is 4.79 Å². The molecule has 2 rings (SSSR count). The molecule has 0 spiro atoms. The molecule has 0 unspecified atom stereocenters. The number of nitrogens with zero attached hydrogens (tertiary/aromatic N) is 1. The number of nitrogens with two attached hydrogens (primary N) is 1. The molecule has 0 radical (unpaired) electrons. The fraction of sp³-hybridized carbons (Fsp3) is 0.444. The van der Waals surface area contributed by atoms with Crippen molar-refractivity contribution in [2.24, 2.45) is 5.84 Å². The lowest BCUT2D eigenvalue weighted by Gasteiger charge is -2.22. The Morgan fingerprint density at radius 1 is 1.35 bits per heavy atom. The van der Waals surface area contributed by atoms with Gasteiger partial charge in [0, 0.05) is 18.9 Å². The van der Waals surface area contributed by atoms with E-state index in [2.05, 4.69) is 34.3 Å². The number of carbonyl (C=O) groups excluding carboxylic acids is 2. The highest BCUT2D eigenvalue weighted by Crippen LogP contribution is 2.17. The Kier molecular flexibility index (Phi) is 9.63. The Morgan fingerprint density at radius 2 is 2.00 bits per heavy atom. The molecule has 0 saturated heterocycles. The Bertz CT molecular complexity index is 732. The lowest BCUT2D eigenvalue weighted by Crippen LogP contribution is -2.43. The maximum Gasteiger partial charge on any atom is 0.258 e. The van der Waals surface area contributed by atoms with Crippen LogP contribution in [0.1, 0.15) is 44.3 Å². The standard InChI is InChI=1S/C17H23N3O2.CH4N2O/c1-3-7-14-12(2)18-15(20-17(14)22)10-11-16(21)19-13-8-5-4-6-9-13;2-3-1-4/h3,7,13H,1-2,4-6,8-11H2,(H,19,21)(H,18,20,22);1H,2H2,(H,3,4)/b14-7+;. The molecule has 8 heteroatoms. The number of H-pyrrole nitrogens is 1. The summed E-state index contributed by atoms with van der Waals surface area (Å²) >= 11 is 0. The number of hydrogen-bond acceptors (Lipinski definition) is 5. The highest BCUT2D eigenvalue weighted by Gasteiger charge is 2.15. The van der Waals surface area contributed by atoms with E-state index in [-0.39, 0.29) is 11.5 Å². The van der Waals surface area contributed by atoms with Crippen LogP contribution in [0.4, 0.5) is 0 Å². The molecule has 2 amide bonds. The van der Waals surface area contributed by atoms with E-state index in [0.717, 1.165) is 12.8 Å². The molecular weight excluding hydrogens is 334 g/mol. The van der Waals surface area contributed by atoms with Gasteiger partial charge in [-0.2, -0.15) is 0 Å². The summed E-state index contributed by atoms with van der Waals surface area (Å²) in [7, 11) is 0. The number of carbonyl (C=O) groups is 2. The van der Waals surface area contributed by atoms with Crippen molar-refractivity contribution in [2.75, 3.05) is 0 Å². The van der Waals surface area contributed by atoms with Gasteiger partial charge < -0.3 is 10.3 Å². The first-order valence-electron chi connectivity index (χ1n) is 8.61. The van der Waals surface area contributed by atoms with Crippen LogP contribution < -0.4 is 32.7 Å². The van der Waals surface area contributed by atoms with Crippen molar-refractivity contribution in [1.29, 1.82) is 0 Å². The van der Waals surface area contributed by atoms with Crippen LogP contribution in [0.5, 0.6) is 0 Å². The Balaban J connectivity index is 0.000000765. The van der Waals surface area contributed by atoms with Gasteiger partial charge in [0.05, 0.1) is 10.6 Å². The molecule has 0 atom stereocenters. The van der Waals surface area contributed by atoms with Crippen LogP contribution in [0.3, 0.4) is 0 Å². The normalized spacial score (nSPS) is 14.7. The van der Waals surface area contributed by atoms with Crippen molar-refractivity contribution in [2.45, 2.75) is 51.0 Å². The van der Waals surface area contributed by atoms with Gasteiger partial charge in [0.25, 0.3) is 5.56 Å².